The summed E-state index contributed by atoms with van der Waals surface area (Å²) in [5, 5.41) is 9.39. The Labute approximate surface area is 87.0 Å². The van der Waals surface area contributed by atoms with Crippen LogP contribution in [0.25, 0.3) is 0 Å². The van der Waals surface area contributed by atoms with E-state index in [4.69, 9.17) is 0 Å². The molecular formula is C11H22N2O. The molecule has 3 heteroatoms. The first-order chi connectivity index (χ1) is 6.52. The van der Waals surface area contributed by atoms with E-state index in [0.717, 1.165) is 31.9 Å². The molecule has 0 unspecified atom stereocenters. The van der Waals surface area contributed by atoms with Gasteiger partial charge in [0, 0.05) is 37.9 Å². The molecular weight excluding hydrogens is 176 g/mol. The summed E-state index contributed by atoms with van der Waals surface area (Å²) in [6, 6.07) is 0.622. The quantitative estimate of drug-likeness (QED) is 0.730. The normalized spacial score (nSPS) is 21.4. The average Bonchev–Trinajstić information content (AvgIpc) is 2.16. The fourth-order valence-electron chi connectivity index (χ4n) is 1.79. The summed E-state index contributed by atoms with van der Waals surface area (Å²) in [5.41, 5.74) is 0.855. The zero-order chi connectivity index (χ0) is 10.7. The highest BCUT2D eigenvalue weighted by molar-refractivity contribution is 5.00. The summed E-state index contributed by atoms with van der Waals surface area (Å²) < 4.78 is 0. The molecule has 1 heterocycles. The highest BCUT2D eigenvalue weighted by Gasteiger charge is 2.20. The van der Waals surface area contributed by atoms with E-state index < -0.39 is 6.10 Å². The van der Waals surface area contributed by atoms with Crippen LogP contribution in [0, 0.1) is 0 Å². The molecule has 1 aliphatic rings. The molecule has 0 amide bonds. The summed E-state index contributed by atoms with van der Waals surface area (Å²) in [5.74, 6) is 0. The number of aliphatic hydroxyl groups excluding tert-OH is 1. The molecule has 0 aliphatic carbocycles. The van der Waals surface area contributed by atoms with Crippen molar-refractivity contribution in [3.8, 4) is 0 Å². The van der Waals surface area contributed by atoms with Crippen LogP contribution in [0.4, 0.5) is 0 Å². The second-order valence-corrected chi connectivity index (χ2v) is 4.28. The predicted octanol–water partition coefficient (Wildman–Crippen LogP) is 0.907. The van der Waals surface area contributed by atoms with Crippen LogP contribution >= 0.6 is 0 Å². The Bertz CT molecular complexity index is 193. The molecule has 1 N–H and O–H groups in total. The third kappa shape index (κ3) is 2.72. The van der Waals surface area contributed by atoms with Gasteiger partial charge in [-0.25, -0.2) is 0 Å². The monoisotopic (exact) mass is 198 g/mol. The van der Waals surface area contributed by atoms with Crippen LogP contribution in [0.2, 0.25) is 0 Å². The number of hydrogen-bond donors (Lipinski definition) is 1. The Morgan fingerprint density at radius 1 is 1.14 bits per heavy atom. The molecule has 0 bridgehead atoms. The summed E-state index contributed by atoms with van der Waals surface area (Å²) in [6.07, 6.45) is -0.416. The maximum absolute atomic E-state index is 9.39. The van der Waals surface area contributed by atoms with Gasteiger partial charge in [-0.3, -0.25) is 4.90 Å². The molecule has 1 atom stereocenters. The highest BCUT2D eigenvalue weighted by atomic mass is 16.3. The number of aliphatic hydroxyl groups is 1. The van der Waals surface area contributed by atoms with Crippen molar-refractivity contribution in [2.75, 3.05) is 26.2 Å². The van der Waals surface area contributed by atoms with Crippen molar-refractivity contribution in [3.63, 3.8) is 0 Å². The molecule has 0 saturated carbocycles. The molecule has 0 aromatic heterocycles. The largest absolute Gasteiger partial charge is 0.387 e. The molecule has 1 rings (SSSR count). The zero-order valence-electron chi connectivity index (χ0n) is 9.53. The number of piperazine rings is 1. The van der Waals surface area contributed by atoms with Crippen molar-refractivity contribution in [2.24, 2.45) is 0 Å². The Kier molecular flexibility index (Phi) is 3.96. The van der Waals surface area contributed by atoms with E-state index in [1.807, 2.05) is 0 Å². The van der Waals surface area contributed by atoms with Crippen LogP contribution in [-0.2, 0) is 0 Å². The average molecular weight is 198 g/mol. The number of hydrogen-bond acceptors (Lipinski definition) is 3. The van der Waals surface area contributed by atoms with Crippen molar-refractivity contribution in [1.29, 1.82) is 0 Å². The predicted molar refractivity (Wildman–Crippen MR) is 59.1 cm³/mol. The molecule has 1 saturated heterocycles. The summed E-state index contributed by atoms with van der Waals surface area (Å²) >= 11 is 0. The fraction of sp³-hybridized carbons (Fsp3) is 0.818. The number of nitrogens with zero attached hydrogens (tertiary/aromatic N) is 2. The molecule has 1 aliphatic heterocycles. The van der Waals surface area contributed by atoms with Crippen molar-refractivity contribution < 1.29 is 5.11 Å². The molecule has 0 spiro atoms. The van der Waals surface area contributed by atoms with Gasteiger partial charge in [-0.2, -0.15) is 0 Å². The first-order valence-electron chi connectivity index (χ1n) is 5.38. The van der Waals surface area contributed by atoms with E-state index in [9.17, 15) is 5.11 Å². The van der Waals surface area contributed by atoms with Gasteiger partial charge in [0.2, 0.25) is 0 Å². The van der Waals surface area contributed by atoms with E-state index >= 15 is 0 Å². The number of rotatable bonds is 3. The lowest BCUT2D eigenvalue weighted by Gasteiger charge is -2.39. The van der Waals surface area contributed by atoms with Crippen molar-refractivity contribution in [3.05, 3.63) is 12.3 Å². The minimum atomic E-state index is -0.416. The van der Waals surface area contributed by atoms with Crippen molar-refractivity contribution in [1.82, 2.24) is 9.80 Å². The summed E-state index contributed by atoms with van der Waals surface area (Å²) in [4.78, 5) is 4.63. The Morgan fingerprint density at radius 2 is 1.64 bits per heavy atom. The fourth-order valence-corrected chi connectivity index (χ4v) is 1.79. The second kappa shape index (κ2) is 4.80. The smallest absolute Gasteiger partial charge is 0.0902 e. The summed E-state index contributed by atoms with van der Waals surface area (Å²) in [6.45, 7) is 14.2. The Morgan fingerprint density at radius 3 is 2.00 bits per heavy atom. The van der Waals surface area contributed by atoms with E-state index in [-0.39, 0.29) is 0 Å². The van der Waals surface area contributed by atoms with Crippen LogP contribution < -0.4 is 0 Å². The first-order valence-corrected chi connectivity index (χ1v) is 5.38. The maximum atomic E-state index is 9.39. The minimum absolute atomic E-state index is 0.416. The molecule has 0 aromatic carbocycles. The molecule has 0 aromatic rings. The Balaban J connectivity index is 2.39. The van der Waals surface area contributed by atoms with Crippen LogP contribution in [0.1, 0.15) is 20.8 Å². The standard InChI is InChI=1S/C11H22N2O/c1-9(2)12-5-7-13(8-6-12)10(3)11(4)14/h9,11,14H,3,5-8H2,1-2,4H3/t11-/m0/s1. The first kappa shape index (κ1) is 11.5. The third-order valence-electron chi connectivity index (χ3n) is 2.93. The molecule has 3 nitrogen and oxygen atoms in total. The van der Waals surface area contributed by atoms with Crippen LogP contribution in [0.5, 0.6) is 0 Å². The van der Waals surface area contributed by atoms with Gasteiger partial charge < -0.3 is 10.0 Å². The third-order valence-corrected chi connectivity index (χ3v) is 2.93. The lowest BCUT2D eigenvalue weighted by atomic mass is 10.2. The summed E-state index contributed by atoms with van der Waals surface area (Å²) in [7, 11) is 0. The van der Waals surface area contributed by atoms with Gasteiger partial charge in [-0.1, -0.05) is 6.58 Å². The topological polar surface area (TPSA) is 26.7 Å². The van der Waals surface area contributed by atoms with E-state index in [0.29, 0.717) is 6.04 Å². The lowest BCUT2D eigenvalue weighted by molar-refractivity contribution is 0.104. The van der Waals surface area contributed by atoms with Gasteiger partial charge in [0.05, 0.1) is 6.10 Å². The molecule has 82 valence electrons. The molecule has 1 fully saturated rings. The zero-order valence-corrected chi connectivity index (χ0v) is 9.53. The van der Waals surface area contributed by atoms with Gasteiger partial charge in [0.25, 0.3) is 0 Å². The highest BCUT2D eigenvalue weighted by Crippen LogP contribution is 2.12. The van der Waals surface area contributed by atoms with Crippen molar-refractivity contribution >= 4 is 0 Å². The van der Waals surface area contributed by atoms with Gasteiger partial charge in [-0.15, -0.1) is 0 Å². The minimum Gasteiger partial charge on any atom is -0.387 e. The van der Waals surface area contributed by atoms with Gasteiger partial charge in [-0.05, 0) is 20.8 Å². The van der Waals surface area contributed by atoms with Gasteiger partial charge in [0.15, 0.2) is 0 Å². The Hall–Kier alpha value is -0.540. The molecule has 0 radical (unpaired) electrons. The SMILES string of the molecule is C=C([C@H](C)O)N1CCN(C(C)C)CC1. The molecule has 14 heavy (non-hydrogen) atoms. The maximum Gasteiger partial charge on any atom is 0.0902 e. The second-order valence-electron chi connectivity index (χ2n) is 4.28. The van der Waals surface area contributed by atoms with Crippen LogP contribution in [-0.4, -0.2) is 53.2 Å². The van der Waals surface area contributed by atoms with Crippen molar-refractivity contribution in [2.45, 2.75) is 32.9 Å². The van der Waals surface area contributed by atoms with Gasteiger partial charge in [0.1, 0.15) is 0 Å². The van der Waals surface area contributed by atoms with Gasteiger partial charge >= 0.3 is 0 Å². The van der Waals surface area contributed by atoms with Crippen LogP contribution in [0.15, 0.2) is 12.3 Å². The van der Waals surface area contributed by atoms with E-state index in [2.05, 4.69) is 30.2 Å². The lowest BCUT2D eigenvalue weighted by Crippen LogP contribution is -2.49. The van der Waals surface area contributed by atoms with E-state index in [1.54, 1.807) is 6.92 Å². The van der Waals surface area contributed by atoms with E-state index in [1.165, 1.54) is 0 Å². The van der Waals surface area contributed by atoms with Crippen LogP contribution in [0.3, 0.4) is 0 Å².